The highest BCUT2D eigenvalue weighted by Crippen LogP contribution is 2.43. The minimum atomic E-state index is -0.203. The molecule has 2 heterocycles. The van der Waals surface area contributed by atoms with E-state index in [0.717, 1.165) is 18.5 Å². The molecule has 1 aliphatic carbocycles. The van der Waals surface area contributed by atoms with E-state index in [1.807, 2.05) is 6.07 Å². The van der Waals surface area contributed by atoms with E-state index in [0.29, 0.717) is 32.9 Å². The van der Waals surface area contributed by atoms with Crippen molar-refractivity contribution >= 4 is 34.8 Å². The Morgan fingerprint density at radius 3 is 2.68 bits per heavy atom. The molecule has 3 aromatic rings. The van der Waals surface area contributed by atoms with Crippen LogP contribution >= 0.6 is 23.2 Å². The first-order valence-corrected chi connectivity index (χ1v) is 8.62. The van der Waals surface area contributed by atoms with Gasteiger partial charge in [0.15, 0.2) is 0 Å². The number of amides is 1. The van der Waals surface area contributed by atoms with Gasteiger partial charge in [-0.1, -0.05) is 23.2 Å². The van der Waals surface area contributed by atoms with Gasteiger partial charge >= 0.3 is 0 Å². The average molecular weight is 376 g/mol. The maximum atomic E-state index is 12.7. The van der Waals surface area contributed by atoms with Crippen molar-refractivity contribution in [1.82, 2.24) is 19.6 Å². The number of hydrogen-bond donors (Lipinski definition) is 1. The van der Waals surface area contributed by atoms with Gasteiger partial charge in [0.05, 0.1) is 40.0 Å². The normalized spacial score (nSPS) is 13.9. The number of nitrogens with one attached hydrogen (secondary N) is 1. The lowest BCUT2D eigenvalue weighted by Crippen LogP contribution is -2.14. The minimum Gasteiger partial charge on any atom is -0.319 e. The predicted molar refractivity (Wildman–Crippen MR) is 96.7 cm³/mol. The first-order chi connectivity index (χ1) is 12.0. The van der Waals surface area contributed by atoms with Gasteiger partial charge < -0.3 is 5.32 Å². The van der Waals surface area contributed by atoms with Crippen molar-refractivity contribution in [2.45, 2.75) is 18.8 Å². The molecular formula is C17H15Cl2N5O. The number of anilines is 1. The van der Waals surface area contributed by atoms with Gasteiger partial charge in [0, 0.05) is 24.2 Å². The number of halogens is 2. The Morgan fingerprint density at radius 2 is 2.04 bits per heavy atom. The number of hydrogen-bond acceptors (Lipinski definition) is 3. The number of rotatable bonds is 4. The Morgan fingerprint density at radius 1 is 1.24 bits per heavy atom. The molecule has 4 rings (SSSR count). The number of carbonyl (C=O) groups is 1. The van der Waals surface area contributed by atoms with Crippen molar-refractivity contribution < 1.29 is 4.79 Å². The van der Waals surface area contributed by atoms with Crippen molar-refractivity contribution in [2.75, 3.05) is 5.32 Å². The molecule has 1 N–H and O–H groups in total. The van der Waals surface area contributed by atoms with Crippen LogP contribution in [0.1, 0.15) is 34.8 Å². The predicted octanol–water partition coefficient (Wildman–Crippen LogP) is 4.04. The van der Waals surface area contributed by atoms with E-state index in [9.17, 15) is 4.79 Å². The molecule has 0 unspecified atom stereocenters. The Balaban J connectivity index is 1.72. The monoisotopic (exact) mass is 375 g/mol. The summed E-state index contributed by atoms with van der Waals surface area (Å²) in [4.78, 5) is 12.7. The topological polar surface area (TPSA) is 64.7 Å². The van der Waals surface area contributed by atoms with Gasteiger partial charge in [0.2, 0.25) is 0 Å². The molecule has 0 spiro atoms. The summed E-state index contributed by atoms with van der Waals surface area (Å²) in [5.74, 6) is 0.107. The van der Waals surface area contributed by atoms with Gasteiger partial charge in [-0.3, -0.25) is 9.48 Å². The quantitative estimate of drug-likeness (QED) is 0.747. The molecule has 128 valence electrons. The van der Waals surface area contributed by atoms with Crippen molar-refractivity contribution in [3.05, 3.63) is 58.1 Å². The third-order valence-electron chi connectivity index (χ3n) is 4.12. The minimum absolute atomic E-state index is 0.203. The lowest BCUT2D eigenvalue weighted by atomic mass is 10.1. The fraction of sp³-hybridized carbons (Fsp3) is 0.235. The standard InChI is InChI=1S/C17H15Cl2N5O/c1-23-9-12(7-20-23)22-17(25)13-8-21-24(16(13)10-2-3-10)15-5-4-11(18)6-14(15)19/h4-10H,2-3H2,1H3,(H,22,25). The van der Waals surface area contributed by atoms with Crippen LogP contribution in [-0.2, 0) is 7.05 Å². The molecule has 1 aliphatic rings. The Hall–Kier alpha value is -2.31. The SMILES string of the molecule is Cn1cc(NC(=O)c2cnn(-c3ccc(Cl)cc3Cl)c2C2CC2)cn1. The third-order valence-corrected chi connectivity index (χ3v) is 4.65. The van der Waals surface area contributed by atoms with E-state index >= 15 is 0 Å². The summed E-state index contributed by atoms with van der Waals surface area (Å²) in [6.07, 6.45) is 7.00. The van der Waals surface area contributed by atoms with E-state index in [1.54, 1.807) is 47.1 Å². The molecule has 1 saturated carbocycles. The highest BCUT2D eigenvalue weighted by atomic mass is 35.5. The Labute approximate surface area is 154 Å². The van der Waals surface area contributed by atoms with Gasteiger partial charge in [-0.25, -0.2) is 4.68 Å². The van der Waals surface area contributed by atoms with E-state index in [-0.39, 0.29) is 5.91 Å². The van der Waals surface area contributed by atoms with Gasteiger partial charge in [-0.2, -0.15) is 10.2 Å². The van der Waals surface area contributed by atoms with Gasteiger partial charge in [-0.05, 0) is 31.0 Å². The zero-order chi connectivity index (χ0) is 17.6. The van der Waals surface area contributed by atoms with Crippen molar-refractivity contribution in [3.8, 4) is 5.69 Å². The van der Waals surface area contributed by atoms with Gasteiger partial charge in [0.25, 0.3) is 5.91 Å². The summed E-state index contributed by atoms with van der Waals surface area (Å²) in [5, 5.41) is 12.4. The summed E-state index contributed by atoms with van der Waals surface area (Å²) in [6.45, 7) is 0. The van der Waals surface area contributed by atoms with Crippen molar-refractivity contribution in [1.29, 1.82) is 0 Å². The number of nitrogens with zero attached hydrogens (tertiary/aromatic N) is 4. The average Bonchev–Trinajstić information content (AvgIpc) is 3.18. The fourth-order valence-corrected chi connectivity index (χ4v) is 3.30. The second-order valence-corrected chi connectivity index (χ2v) is 6.93. The lowest BCUT2D eigenvalue weighted by molar-refractivity contribution is 0.102. The van der Waals surface area contributed by atoms with Crippen LogP contribution in [0.25, 0.3) is 5.69 Å². The summed E-state index contributed by atoms with van der Waals surface area (Å²) in [6, 6.07) is 5.25. The number of benzene rings is 1. The van der Waals surface area contributed by atoms with E-state index in [4.69, 9.17) is 23.2 Å². The van der Waals surface area contributed by atoms with Crippen molar-refractivity contribution in [3.63, 3.8) is 0 Å². The molecular weight excluding hydrogens is 361 g/mol. The maximum absolute atomic E-state index is 12.7. The molecule has 25 heavy (non-hydrogen) atoms. The number of aromatic nitrogens is 4. The zero-order valence-corrected chi connectivity index (χ0v) is 14.9. The molecule has 1 fully saturated rings. The van der Waals surface area contributed by atoms with Gasteiger partial charge in [0.1, 0.15) is 0 Å². The highest BCUT2D eigenvalue weighted by molar-refractivity contribution is 6.35. The lowest BCUT2D eigenvalue weighted by Gasteiger charge is -2.10. The molecule has 8 heteroatoms. The first-order valence-electron chi connectivity index (χ1n) is 7.86. The first kappa shape index (κ1) is 16.2. The maximum Gasteiger partial charge on any atom is 0.259 e. The molecule has 0 atom stereocenters. The molecule has 0 radical (unpaired) electrons. The second-order valence-electron chi connectivity index (χ2n) is 6.08. The molecule has 0 aliphatic heterocycles. The van der Waals surface area contributed by atoms with E-state index < -0.39 is 0 Å². The van der Waals surface area contributed by atoms with Crippen LogP contribution in [0.5, 0.6) is 0 Å². The largest absolute Gasteiger partial charge is 0.319 e. The van der Waals surface area contributed by atoms with Crippen LogP contribution in [0.3, 0.4) is 0 Å². The number of aryl methyl sites for hydroxylation is 1. The third kappa shape index (κ3) is 3.15. The second kappa shape index (κ2) is 6.20. The summed E-state index contributed by atoms with van der Waals surface area (Å²) in [5.41, 5.74) is 2.79. The molecule has 0 bridgehead atoms. The van der Waals surface area contributed by atoms with Crippen LogP contribution in [0.15, 0.2) is 36.8 Å². The van der Waals surface area contributed by atoms with Crippen LogP contribution in [0, 0.1) is 0 Å². The Kier molecular flexibility index (Phi) is 4.01. The van der Waals surface area contributed by atoms with E-state index in [2.05, 4.69) is 15.5 Å². The Bertz CT molecular complexity index is 958. The fourth-order valence-electron chi connectivity index (χ4n) is 2.81. The molecule has 6 nitrogen and oxygen atoms in total. The summed E-state index contributed by atoms with van der Waals surface area (Å²) < 4.78 is 3.38. The van der Waals surface area contributed by atoms with Crippen molar-refractivity contribution in [2.24, 2.45) is 7.05 Å². The van der Waals surface area contributed by atoms with E-state index in [1.165, 1.54) is 0 Å². The zero-order valence-electron chi connectivity index (χ0n) is 13.4. The summed E-state index contributed by atoms with van der Waals surface area (Å²) >= 11 is 12.3. The molecule has 0 saturated heterocycles. The van der Waals surface area contributed by atoms with Crippen LogP contribution in [0.4, 0.5) is 5.69 Å². The molecule has 1 aromatic carbocycles. The number of carbonyl (C=O) groups excluding carboxylic acids is 1. The summed E-state index contributed by atoms with van der Waals surface area (Å²) in [7, 11) is 1.80. The molecule has 1 amide bonds. The van der Waals surface area contributed by atoms with Gasteiger partial charge in [-0.15, -0.1) is 0 Å². The van der Waals surface area contributed by atoms with Crippen LogP contribution < -0.4 is 5.32 Å². The highest BCUT2D eigenvalue weighted by Gasteiger charge is 2.33. The van der Waals surface area contributed by atoms with Crippen LogP contribution in [-0.4, -0.2) is 25.5 Å². The van der Waals surface area contributed by atoms with Crippen LogP contribution in [0.2, 0.25) is 10.0 Å². The smallest absolute Gasteiger partial charge is 0.259 e. The molecule has 2 aromatic heterocycles.